The van der Waals surface area contributed by atoms with E-state index < -0.39 is 5.66 Å². The highest BCUT2D eigenvalue weighted by molar-refractivity contribution is 6.21. The van der Waals surface area contributed by atoms with E-state index in [0.29, 0.717) is 5.84 Å². The molecular weight excluding hydrogens is 675 g/mol. The van der Waals surface area contributed by atoms with E-state index >= 15 is 0 Å². The molecule has 0 saturated carbocycles. The number of aromatic nitrogens is 1. The van der Waals surface area contributed by atoms with Crippen LogP contribution in [-0.4, -0.2) is 22.2 Å². The molecule has 0 saturated heterocycles. The third-order valence-corrected chi connectivity index (χ3v) is 11.1. The van der Waals surface area contributed by atoms with Gasteiger partial charge in [-0.05, 0) is 53.9 Å². The van der Waals surface area contributed by atoms with Crippen LogP contribution in [0.5, 0.6) is 0 Å². The second-order valence-electron chi connectivity index (χ2n) is 14.4. The summed E-state index contributed by atoms with van der Waals surface area (Å²) < 4.78 is 2.31. The third kappa shape index (κ3) is 4.93. The minimum Gasteiger partial charge on any atom is -0.357 e. The van der Waals surface area contributed by atoms with Crippen LogP contribution in [0.3, 0.4) is 0 Å². The number of fused-ring (bicyclic) bond motifs is 8. The molecular formula is C48H35N7. The summed E-state index contributed by atoms with van der Waals surface area (Å²) in [6, 6.07) is 61.5. The summed E-state index contributed by atoms with van der Waals surface area (Å²) in [5, 5.41) is 9.80. The van der Waals surface area contributed by atoms with Crippen LogP contribution >= 0.6 is 0 Å². The van der Waals surface area contributed by atoms with Gasteiger partial charge in [0.1, 0.15) is 17.7 Å². The van der Waals surface area contributed by atoms with E-state index in [1.54, 1.807) is 0 Å². The molecule has 1 aromatic heterocycles. The van der Waals surface area contributed by atoms with Crippen LogP contribution in [0.1, 0.15) is 35.3 Å². The average molecular weight is 710 g/mol. The lowest BCUT2D eigenvalue weighted by molar-refractivity contribution is 0.576. The topological polar surface area (TPSA) is 69.3 Å². The first-order valence-corrected chi connectivity index (χ1v) is 18.7. The van der Waals surface area contributed by atoms with Crippen LogP contribution in [-0.2, 0) is 5.66 Å². The molecule has 8 aromatic rings. The predicted octanol–water partition coefficient (Wildman–Crippen LogP) is 10.6. The van der Waals surface area contributed by atoms with Gasteiger partial charge >= 0.3 is 0 Å². The Kier molecular flexibility index (Phi) is 6.91. The molecule has 2 N–H and O–H groups in total. The van der Waals surface area contributed by atoms with Crippen molar-refractivity contribution in [3.05, 3.63) is 198 Å². The Morgan fingerprint density at radius 2 is 1.22 bits per heavy atom. The first-order valence-electron chi connectivity index (χ1n) is 18.7. The van der Waals surface area contributed by atoms with Crippen molar-refractivity contribution in [2.24, 2.45) is 15.0 Å². The molecule has 0 fully saturated rings. The van der Waals surface area contributed by atoms with E-state index in [0.717, 1.165) is 78.5 Å². The van der Waals surface area contributed by atoms with Crippen molar-refractivity contribution >= 4 is 56.5 Å². The Morgan fingerprint density at radius 1 is 0.564 bits per heavy atom. The summed E-state index contributed by atoms with van der Waals surface area (Å²) >= 11 is 0. The Morgan fingerprint density at radius 3 is 2.07 bits per heavy atom. The molecule has 0 radical (unpaired) electrons. The van der Waals surface area contributed by atoms with E-state index in [1.807, 2.05) is 12.1 Å². The fourth-order valence-electron chi connectivity index (χ4n) is 8.43. The zero-order valence-electron chi connectivity index (χ0n) is 30.1. The largest absolute Gasteiger partial charge is 0.357 e. The standard InChI is InChI=1S/C48H35N7/c1-48-38-19-9-10-20-39(38)49-47(55(48)42-23-13-11-21-40(42)53-48)54-41-22-12-8-18-36(41)37-29-28-35(30-43(37)54)46-51-44(33-16-6-3-7-17-33)50-45(52-46)34-26-24-32(25-27-34)31-14-4-2-5-15-31/h2-30,44,53H,1H3,(H,50,51,52). The number of benzene rings is 7. The first kappa shape index (κ1) is 31.3. The van der Waals surface area contributed by atoms with Crippen molar-refractivity contribution in [3.8, 4) is 11.1 Å². The molecule has 2 unspecified atom stereocenters. The van der Waals surface area contributed by atoms with Gasteiger partial charge in [-0.25, -0.2) is 15.0 Å². The van der Waals surface area contributed by atoms with Gasteiger partial charge in [0.2, 0.25) is 5.96 Å². The SMILES string of the molecule is CC12Nc3ccccc3N1C(n1c3ccccc3c3ccc(C4=NC(c5ccccc5)NC(c5ccc(-c6ccccc6)cc5)=N4)cc31)=Nc1ccccc12. The van der Waals surface area contributed by atoms with Crippen LogP contribution in [0, 0.1) is 0 Å². The van der Waals surface area contributed by atoms with Crippen molar-refractivity contribution in [3.63, 3.8) is 0 Å². The van der Waals surface area contributed by atoms with Crippen molar-refractivity contribution in [2.45, 2.75) is 18.8 Å². The average Bonchev–Trinajstić information content (AvgIpc) is 3.76. The molecule has 7 aromatic carbocycles. The Hall–Kier alpha value is -7.25. The van der Waals surface area contributed by atoms with Gasteiger partial charge in [0.25, 0.3) is 0 Å². The normalized spacial score (nSPS) is 18.4. The summed E-state index contributed by atoms with van der Waals surface area (Å²) in [5.74, 6) is 2.28. The van der Waals surface area contributed by atoms with Crippen molar-refractivity contribution < 1.29 is 0 Å². The zero-order chi connectivity index (χ0) is 36.5. The number of rotatable bonds is 4. The molecule has 7 heteroatoms. The Bertz CT molecular complexity index is 2890. The number of hydrogen-bond donors (Lipinski definition) is 2. The quantitative estimate of drug-likeness (QED) is 0.191. The Labute approximate surface area is 318 Å². The number of hydrogen-bond acceptors (Lipinski definition) is 6. The highest BCUT2D eigenvalue weighted by Crippen LogP contribution is 2.51. The van der Waals surface area contributed by atoms with Gasteiger partial charge in [-0.15, -0.1) is 0 Å². The molecule has 4 heterocycles. The van der Waals surface area contributed by atoms with Gasteiger partial charge in [0.05, 0.1) is 28.1 Å². The lowest BCUT2D eigenvalue weighted by atomic mass is 9.97. The molecule has 0 aliphatic carbocycles. The van der Waals surface area contributed by atoms with Gasteiger partial charge < -0.3 is 10.6 Å². The van der Waals surface area contributed by atoms with E-state index in [1.165, 1.54) is 5.56 Å². The van der Waals surface area contributed by atoms with Crippen LogP contribution in [0.2, 0.25) is 0 Å². The highest BCUT2D eigenvalue weighted by atomic mass is 15.5. The first-order chi connectivity index (χ1) is 27.1. The second-order valence-corrected chi connectivity index (χ2v) is 14.4. The lowest BCUT2D eigenvalue weighted by Gasteiger charge is -2.41. The number of nitrogens with zero attached hydrogens (tertiary/aromatic N) is 5. The summed E-state index contributed by atoms with van der Waals surface area (Å²) in [6.07, 6.45) is -0.314. The van der Waals surface area contributed by atoms with Crippen LogP contribution in [0.25, 0.3) is 32.9 Å². The molecule has 3 aliphatic rings. The summed E-state index contributed by atoms with van der Waals surface area (Å²) in [4.78, 5) is 18.3. The molecule has 7 nitrogen and oxygen atoms in total. The molecule has 3 aliphatic heterocycles. The fraction of sp³-hybridized carbons (Fsp3) is 0.0625. The summed E-state index contributed by atoms with van der Waals surface area (Å²) in [6.45, 7) is 2.25. The van der Waals surface area contributed by atoms with Crippen molar-refractivity contribution in [1.82, 2.24) is 9.88 Å². The molecule has 11 rings (SSSR count). The molecule has 262 valence electrons. The van der Waals surface area contributed by atoms with Crippen LogP contribution < -0.4 is 15.5 Å². The van der Waals surface area contributed by atoms with Crippen molar-refractivity contribution in [1.29, 1.82) is 0 Å². The lowest BCUT2D eigenvalue weighted by Crippen LogP contribution is -2.52. The second kappa shape index (κ2) is 12.1. The molecule has 0 amide bonds. The maximum absolute atomic E-state index is 5.45. The number of aliphatic imine (C=N–C) groups is 3. The molecule has 2 atom stereocenters. The monoisotopic (exact) mass is 709 g/mol. The highest BCUT2D eigenvalue weighted by Gasteiger charge is 2.48. The zero-order valence-corrected chi connectivity index (χ0v) is 30.1. The maximum Gasteiger partial charge on any atom is 0.218 e. The summed E-state index contributed by atoms with van der Waals surface area (Å²) in [5.41, 5.74) is 11.1. The van der Waals surface area contributed by atoms with Gasteiger partial charge in [-0.1, -0.05) is 146 Å². The molecule has 0 bridgehead atoms. The van der Waals surface area contributed by atoms with E-state index in [2.05, 4.69) is 191 Å². The summed E-state index contributed by atoms with van der Waals surface area (Å²) in [7, 11) is 0. The van der Waals surface area contributed by atoms with Crippen LogP contribution in [0.4, 0.5) is 17.1 Å². The Balaban J connectivity index is 1.10. The number of para-hydroxylation sites is 4. The maximum atomic E-state index is 5.45. The third-order valence-electron chi connectivity index (χ3n) is 11.1. The number of amidine groups is 2. The smallest absolute Gasteiger partial charge is 0.218 e. The van der Waals surface area contributed by atoms with E-state index in [-0.39, 0.29) is 6.17 Å². The predicted molar refractivity (Wildman–Crippen MR) is 226 cm³/mol. The molecule has 0 spiro atoms. The van der Waals surface area contributed by atoms with Gasteiger partial charge in [-0.3, -0.25) is 9.47 Å². The minimum absolute atomic E-state index is 0.314. The van der Waals surface area contributed by atoms with E-state index in [9.17, 15) is 0 Å². The minimum atomic E-state index is -0.552. The van der Waals surface area contributed by atoms with Crippen LogP contribution in [0.15, 0.2) is 191 Å². The van der Waals surface area contributed by atoms with Gasteiger partial charge in [0, 0.05) is 27.5 Å². The number of nitrogens with one attached hydrogen (secondary N) is 2. The van der Waals surface area contributed by atoms with Gasteiger partial charge in [-0.2, -0.15) is 0 Å². The van der Waals surface area contributed by atoms with Gasteiger partial charge in [0.15, 0.2) is 5.84 Å². The molecule has 55 heavy (non-hydrogen) atoms. The number of anilines is 2. The fourth-order valence-corrected chi connectivity index (χ4v) is 8.43. The van der Waals surface area contributed by atoms with Crippen molar-refractivity contribution in [2.75, 3.05) is 10.2 Å². The van der Waals surface area contributed by atoms with E-state index in [4.69, 9.17) is 15.0 Å².